The second-order valence-electron chi connectivity index (χ2n) is 13.7. The van der Waals surface area contributed by atoms with E-state index in [4.69, 9.17) is 9.47 Å². The minimum Gasteiger partial charge on any atom is -0.545 e. The number of halogens is 2. The molecule has 2 aliphatic heterocycles. The van der Waals surface area contributed by atoms with E-state index < -0.39 is 47.5 Å². The Kier molecular flexibility index (Phi) is 13.9. The number of hydrogen-bond donors (Lipinski definition) is 1. The van der Waals surface area contributed by atoms with E-state index in [9.17, 15) is 28.6 Å². The molecule has 1 N–H and O–H groups in total. The van der Waals surface area contributed by atoms with Crippen LogP contribution in [0.1, 0.15) is 25.0 Å². The van der Waals surface area contributed by atoms with E-state index in [1.807, 2.05) is 111 Å². The Bertz CT molecular complexity index is 2270. The summed E-state index contributed by atoms with van der Waals surface area (Å²) >= 11 is 0. The van der Waals surface area contributed by atoms with Crippen LogP contribution in [0.5, 0.6) is 11.5 Å². The van der Waals surface area contributed by atoms with E-state index in [1.165, 1.54) is 30.4 Å². The van der Waals surface area contributed by atoms with Crippen molar-refractivity contribution in [3.63, 3.8) is 0 Å². The second kappa shape index (κ2) is 19.2. The Hall–Kier alpha value is -5.94. The summed E-state index contributed by atoms with van der Waals surface area (Å²) in [6.07, 6.45) is 11.5. The van der Waals surface area contributed by atoms with Crippen molar-refractivity contribution in [3.05, 3.63) is 180 Å². The number of aliphatic imine (C=N–C) groups is 2. The van der Waals surface area contributed by atoms with E-state index >= 15 is 0 Å². The standard InChI is InChI=1S/2C24H20FNO3.Na/c2*1-2-29-19-10-7-16(8-11-19)15-3-5-17(6-4-15)23-14-21(24(27)28)20-13-18(25)9-12-22(20)26-23;/h2*3-14,20,22H,2H2,1H3,(H,27,28);/q;;+1/p-1. The molecule has 0 saturated heterocycles. The molecule has 0 radical (unpaired) electrons. The molecule has 4 aromatic rings. The van der Waals surface area contributed by atoms with Gasteiger partial charge < -0.3 is 24.5 Å². The van der Waals surface area contributed by atoms with Crippen molar-refractivity contribution in [1.82, 2.24) is 0 Å². The van der Waals surface area contributed by atoms with Crippen LogP contribution < -0.4 is 44.1 Å². The number of carbonyl (C=O) groups excluding carboxylic acids is 1. The third kappa shape index (κ3) is 10.0. The summed E-state index contributed by atoms with van der Waals surface area (Å²) in [7, 11) is 0. The maximum absolute atomic E-state index is 13.6. The molecule has 2 heterocycles. The van der Waals surface area contributed by atoms with Gasteiger partial charge in [0.05, 0.1) is 42.7 Å². The monoisotopic (exact) mass is 800 g/mol. The van der Waals surface area contributed by atoms with Gasteiger partial charge in [-0.15, -0.1) is 0 Å². The summed E-state index contributed by atoms with van der Waals surface area (Å²) in [5, 5.41) is 21.2. The van der Waals surface area contributed by atoms with E-state index in [-0.39, 0.29) is 40.7 Å². The van der Waals surface area contributed by atoms with Crippen LogP contribution in [0.25, 0.3) is 22.3 Å². The molecule has 4 atom stereocenters. The van der Waals surface area contributed by atoms with Crippen LogP contribution in [0.15, 0.2) is 178 Å². The maximum atomic E-state index is 13.6. The molecule has 0 amide bonds. The van der Waals surface area contributed by atoms with E-state index in [0.29, 0.717) is 24.6 Å². The number of nitrogens with zero attached hydrogens (tertiary/aromatic N) is 2. The molecule has 11 heteroatoms. The molecule has 292 valence electrons. The summed E-state index contributed by atoms with van der Waals surface area (Å²) in [5.74, 6) is -2.83. The summed E-state index contributed by atoms with van der Waals surface area (Å²) in [6.45, 7) is 5.14. The van der Waals surface area contributed by atoms with Crippen molar-refractivity contribution in [2.24, 2.45) is 21.8 Å². The molecular formula is C48H39F2N2NaO6. The predicted molar refractivity (Wildman–Crippen MR) is 219 cm³/mol. The molecule has 0 fully saturated rings. The van der Waals surface area contributed by atoms with E-state index in [2.05, 4.69) is 9.98 Å². The first-order chi connectivity index (χ1) is 28.1. The number of allylic oxidation sites excluding steroid dienone is 6. The number of carboxylic acids is 2. The largest absolute Gasteiger partial charge is 1.00 e. The molecule has 0 spiro atoms. The number of ether oxygens (including phenoxy) is 2. The molecule has 2 aliphatic carbocycles. The first-order valence-electron chi connectivity index (χ1n) is 18.9. The molecule has 0 saturated carbocycles. The van der Waals surface area contributed by atoms with E-state index in [0.717, 1.165) is 44.9 Å². The van der Waals surface area contributed by atoms with Crippen LogP contribution in [0.3, 0.4) is 0 Å². The molecule has 4 unspecified atom stereocenters. The molecule has 59 heavy (non-hydrogen) atoms. The van der Waals surface area contributed by atoms with Crippen LogP contribution >= 0.6 is 0 Å². The Morgan fingerprint density at radius 1 is 0.593 bits per heavy atom. The van der Waals surface area contributed by atoms with Crippen molar-refractivity contribution >= 4 is 23.4 Å². The minimum atomic E-state index is -1.31. The number of fused-ring (bicyclic) bond motifs is 2. The normalized spacial score (nSPS) is 19.9. The summed E-state index contributed by atoms with van der Waals surface area (Å²) in [4.78, 5) is 32.5. The van der Waals surface area contributed by atoms with Gasteiger partial charge in [-0.1, -0.05) is 84.9 Å². The van der Waals surface area contributed by atoms with Gasteiger partial charge in [0.15, 0.2) is 0 Å². The molecular weight excluding hydrogens is 762 g/mol. The zero-order chi connectivity index (χ0) is 40.8. The number of carboxylic acid groups (broad SMARTS) is 2. The second-order valence-corrected chi connectivity index (χ2v) is 13.7. The van der Waals surface area contributed by atoms with Gasteiger partial charge >= 0.3 is 35.5 Å². The van der Waals surface area contributed by atoms with Crippen molar-refractivity contribution in [2.45, 2.75) is 25.9 Å². The Morgan fingerprint density at radius 2 is 0.932 bits per heavy atom. The molecule has 0 aromatic heterocycles. The maximum Gasteiger partial charge on any atom is 1.00 e. The van der Waals surface area contributed by atoms with Crippen molar-refractivity contribution in [2.75, 3.05) is 13.2 Å². The fourth-order valence-electron chi connectivity index (χ4n) is 7.15. The first-order valence-corrected chi connectivity index (χ1v) is 18.9. The van der Waals surface area contributed by atoms with Gasteiger partial charge in [0, 0.05) is 17.4 Å². The fraction of sp³-hybridized carbons (Fsp3) is 0.167. The number of benzene rings is 4. The van der Waals surface area contributed by atoms with Gasteiger partial charge in [0.1, 0.15) is 23.2 Å². The number of carbonyl (C=O) groups is 2. The van der Waals surface area contributed by atoms with Crippen molar-refractivity contribution in [3.8, 4) is 33.8 Å². The van der Waals surface area contributed by atoms with Gasteiger partial charge in [-0.2, -0.15) is 0 Å². The summed E-state index contributed by atoms with van der Waals surface area (Å²) < 4.78 is 38.1. The van der Waals surface area contributed by atoms with Crippen molar-refractivity contribution in [1.29, 1.82) is 0 Å². The number of rotatable bonds is 10. The van der Waals surface area contributed by atoms with Crippen LogP contribution in [-0.4, -0.2) is 53.8 Å². The predicted octanol–water partition coefficient (Wildman–Crippen LogP) is 5.62. The third-order valence-corrected chi connectivity index (χ3v) is 10.0. The molecule has 8 rings (SSSR count). The first kappa shape index (κ1) is 42.7. The van der Waals surface area contributed by atoms with Crippen molar-refractivity contribution < 1.29 is 67.6 Å². The van der Waals surface area contributed by atoms with Gasteiger partial charge in [-0.05, 0) is 114 Å². The quantitative estimate of drug-likeness (QED) is 0.208. The Labute approximate surface area is 363 Å². The van der Waals surface area contributed by atoms with E-state index in [1.54, 1.807) is 18.2 Å². The average Bonchev–Trinajstić information content (AvgIpc) is 3.24. The SMILES string of the molecule is CCOc1ccc(-c2ccc(C3=NC4C=CC(F)=CC4C(C(=O)O)=C3)cc2)cc1.CCOc1ccc(-c2ccc(C3=NC4C=CC(F)=CC4C(C(=O)[O-])=C3)cc2)cc1.[Na+]. The fourth-order valence-corrected chi connectivity index (χ4v) is 7.15. The van der Waals surface area contributed by atoms with Gasteiger partial charge in [0.2, 0.25) is 0 Å². The van der Waals surface area contributed by atoms with Crippen LogP contribution in [0.4, 0.5) is 8.78 Å². The molecule has 4 aliphatic rings. The number of hydrogen-bond acceptors (Lipinski definition) is 7. The summed E-state index contributed by atoms with van der Waals surface area (Å²) in [5.41, 5.74) is 7.10. The molecule has 4 aromatic carbocycles. The summed E-state index contributed by atoms with van der Waals surface area (Å²) in [6, 6.07) is 30.3. The van der Waals surface area contributed by atoms with Gasteiger partial charge in [-0.3, -0.25) is 9.98 Å². The van der Waals surface area contributed by atoms with Gasteiger partial charge in [0.25, 0.3) is 0 Å². The smallest absolute Gasteiger partial charge is 0.545 e. The van der Waals surface area contributed by atoms with Crippen LogP contribution in [0.2, 0.25) is 0 Å². The zero-order valence-electron chi connectivity index (χ0n) is 32.7. The zero-order valence-corrected chi connectivity index (χ0v) is 34.7. The Balaban J connectivity index is 0.000000195. The topological polar surface area (TPSA) is 121 Å². The van der Waals surface area contributed by atoms with Crippen LogP contribution in [0, 0.1) is 11.8 Å². The van der Waals surface area contributed by atoms with Gasteiger partial charge in [-0.25, -0.2) is 13.6 Å². The average molecular weight is 801 g/mol. The Morgan fingerprint density at radius 3 is 1.29 bits per heavy atom. The molecule has 0 bridgehead atoms. The number of dihydropyridines is 2. The molecule has 8 nitrogen and oxygen atoms in total. The minimum absolute atomic E-state index is 0. The third-order valence-electron chi connectivity index (χ3n) is 10.0. The van der Waals surface area contributed by atoms with Crippen LogP contribution in [-0.2, 0) is 9.59 Å². The number of aliphatic carboxylic acids is 2.